The van der Waals surface area contributed by atoms with Crippen LogP contribution in [0.25, 0.3) is 5.70 Å². The summed E-state index contributed by atoms with van der Waals surface area (Å²) in [5, 5.41) is 4.13. The summed E-state index contributed by atoms with van der Waals surface area (Å²) in [7, 11) is 0. The van der Waals surface area contributed by atoms with Crippen LogP contribution in [0.5, 0.6) is 5.75 Å². The average molecular weight is 604 g/mol. The second-order valence-electron chi connectivity index (χ2n) is 13.3. The second kappa shape index (κ2) is 13.3. The number of rotatable bonds is 10. The van der Waals surface area contributed by atoms with Crippen LogP contribution in [0.1, 0.15) is 94.0 Å². The molecule has 0 spiro atoms. The Morgan fingerprint density at radius 1 is 1.14 bits per heavy atom. The number of allylic oxidation sites excluding steroid dienone is 6. The normalized spacial score (nSPS) is 20.5. The zero-order chi connectivity index (χ0) is 31.6. The fraction of sp³-hybridized carbons (Fsp3) is 0.514. The zero-order valence-corrected chi connectivity index (χ0v) is 27.0. The van der Waals surface area contributed by atoms with E-state index in [1.54, 1.807) is 13.0 Å². The molecule has 5 nitrogen and oxygen atoms in total. The SMILES string of the molecule is C=C(/C=C\C=C(/C)C1=C(COc2ccc(C3CCN(C(=O)C4CC4)CC3)cc2C)CCC(C)C1)n1ncc(C)c1C(C)(F)F. The number of benzene rings is 1. The molecule has 1 aliphatic heterocycles. The van der Waals surface area contributed by atoms with E-state index in [4.69, 9.17) is 4.74 Å². The zero-order valence-electron chi connectivity index (χ0n) is 27.0. The maximum Gasteiger partial charge on any atom is 0.287 e. The van der Waals surface area contributed by atoms with Gasteiger partial charge >= 0.3 is 0 Å². The molecular formula is C37H47F2N3O2. The van der Waals surface area contributed by atoms with Gasteiger partial charge in [0.1, 0.15) is 18.1 Å². The summed E-state index contributed by atoms with van der Waals surface area (Å²) in [5.41, 5.74) is 6.96. The van der Waals surface area contributed by atoms with Gasteiger partial charge in [0.15, 0.2) is 0 Å². The van der Waals surface area contributed by atoms with Gasteiger partial charge in [0.05, 0.1) is 11.9 Å². The summed E-state index contributed by atoms with van der Waals surface area (Å²) in [6, 6.07) is 6.58. The van der Waals surface area contributed by atoms with E-state index in [1.807, 2.05) is 12.2 Å². The van der Waals surface area contributed by atoms with E-state index in [-0.39, 0.29) is 5.69 Å². The minimum Gasteiger partial charge on any atom is -0.489 e. The van der Waals surface area contributed by atoms with Crippen molar-refractivity contribution in [3.63, 3.8) is 0 Å². The number of aryl methyl sites for hydroxylation is 2. The highest BCUT2D eigenvalue weighted by Gasteiger charge is 2.35. The number of carbonyl (C=O) groups is 1. The van der Waals surface area contributed by atoms with Crippen LogP contribution in [0, 0.1) is 25.7 Å². The quantitative estimate of drug-likeness (QED) is 0.255. The number of nitrogens with zero attached hydrogens (tertiary/aromatic N) is 3. The predicted molar refractivity (Wildman–Crippen MR) is 173 cm³/mol. The maximum atomic E-state index is 14.2. The monoisotopic (exact) mass is 603 g/mol. The topological polar surface area (TPSA) is 47.4 Å². The van der Waals surface area contributed by atoms with Crippen LogP contribution in [-0.2, 0) is 10.7 Å². The average Bonchev–Trinajstić information content (AvgIpc) is 3.76. The molecule has 7 heteroatoms. The first-order valence-corrected chi connectivity index (χ1v) is 16.1. The number of ether oxygens (including phenoxy) is 1. The number of hydrogen-bond donors (Lipinski definition) is 0. The predicted octanol–water partition coefficient (Wildman–Crippen LogP) is 8.90. The van der Waals surface area contributed by atoms with Gasteiger partial charge in [-0.05, 0) is 123 Å². The van der Waals surface area contributed by atoms with Crippen LogP contribution < -0.4 is 4.74 Å². The van der Waals surface area contributed by atoms with Gasteiger partial charge in [-0.15, -0.1) is 0 Å². The van der Waals surface area contributed by atoms with Crippen molar-refractivity contribution < 1.29 is 18.3 Å². The number of piperidine rings is 1. The molecule has 1 saturated heterocycles. The molecular weight excluding hydrogens is 556 g/mol. The van der Waals surface area contributed by atoms with Gasteiger partial charge in [-0.3, -0.25) is 4.79 Å². The fourth-order valence-corrected chi connectivity index (χ4v) is 6.70. The lowest BCUT2D eigenvalue weighted by molar-refractivity contribution is -0.133. The van der Waals surface area contributed by atoms with Gasteiger partial charge in [0.25, 0.3) is 5.92 Å². The first kappa shape index (κ1) is 31.9. The summed E-state index contributed by atoms with van der Waals surface area (Å²) >= 11 is 0. The number of aromatic nitrogens is 2. The number of halogens is 2. The van der Waals surface area contributed by atoms with Crippen molar-refractivity contribution in [1.82, 2.24) is 14.7 Å². The molecule has 236 valence electrons. The Morgan fingerprint density at radius 3 is 2.52 bits per heavy atom. The van der Waals surface area contributed by atoms with Gasteiger partial charge in [-0.2, -0.15) is 13.9 Å². The van der Waals surface area contributed by atoms with Gasteiger partial charge < -0.3 is 9.64 Å². The molecule has 0 bridgehead atoms. The van der Waals surface area contributed by atoms with Crippen molar-refractivity contribution in [2.24, 2.45) is 11.8 Å². The molecule has 1 amide bonds. The summed E-state index contributed by atoms with van der Waals surface area (Å²) in [6.07, 6.45) is 14.4. The molecule has 0 N–H and O–H groups in total. The van der Waals surface area contributed by atoms with E-state index in [2.05, 4.69) is 55.5 Å². The minimum atomic E-state index is -3.01. The Morgan fingerprint density at radius 2 is 1.86 bits per heavy atom. The van der Waals surface area contributed by atoms with E-state index in [0.717, 1.165) is 81.8 Å². The van der Waals surface area contributed by atoms with Crippen molar-refractivity contribution in [3.8, 4) is 5.75 Å². The number of amides is 1. The minimum absolute atomic E-state index is 0.134. The van der Waals surface area contributed by atoms with Gasteiger partial charge in [0.2, 0.25) is 5.91 Å². The van der Waals surface area contributed by atoms with Crippen molar-refractivity contribution in [2.75, 3.05) is 19.7 Å². The van der Waals surface area contributed by atoms with Crippen LogP contribution in [0.2, 0.25) is 0 Å². The Kier molecular flexibility index (Phi) is 9.62. The third-order valence-corrected chi connectivity index (χ3v) is 9.47. The first-order valence-electron chi connectivity index (χ1n) is 16.1. The van der Waals surface area contributed by atoms with Crippen LogP contribution in [0.3, 0.4) is 0 Å². The van der Waals surface area contributed by atoms with Gasteiger partial charge in [-0.1, -0.05) is 37.8 Å². The lowest BCUT2D eigenvalue weighted by Crippen LogP contribution is -2.38. The van der Waals surface area contributed by atoms with E-state index >= 15 is 0 Å². The standard InChI is InChI=1S/C37H47F2N3O2/c1-24-10-11-32(33(20-24)25(2)8-7-9-28(5)42-35(37(6,38)39)27(4)22-40-42)23-44-34-15-14-31(21-26(34)3)29-16-18-41(19-17-29)36(43)30-12-13-30/h7-9,14-15,21-22,24,29-30H,5,10-13,16-20,23H2,1-4,6H3/b9-7-,25-8+. The number of likely N-dealkylation sites (tertiary alicyclic amines) is 1. The molecule has 0 radical (unpaired) electrons. The molecule has 1 aromatic heterocycles. The molecule has 2 aromatic rings. The molecule has 3 aliphatic rings. The Balaban J connectivity index is 1.23. The molecule has 1 atom stereocenters. The maximum absolute atomic E-state index is 14.2. The number of hydrogen-bond acceptors (Lipinski definition) is 3. The van der Waals surface area contributed by atoms with Crippen LogP contribution in [-0.4, -0.2) is 40.3 Å². The van der Waals surface area contributed by atoms with Crippen molar-refractivity contribution in [2.45, 2.75) is 91.4 Å². The van der Waals surface area contributed by atoms with Crippen molar-refractivity contribution in [1.29, 1.82) is 0 Å². The summed E-state index contributed by atoms with van der Waals surface area (Å²) < 4.78 is 36.0. The molecule has 2 aliphatic carbocycles. The molecule has 5 rings (SSSR count). The third kappa shape index (κ3) is 7.41. The summed E-state index contributed by atoms with van der Waals surface area (Å²) in [4.78, 5) is 14.5. The van der Waals surface area contributed by atoms with Gasteiger partial charge in [0, 0.05) is 25.9 Å². The van der Waals surface area contributed by atoms with Crippen LogP contribution in [0.15, 0.2) is 65.9 Å². The lowest BCUT2D eigenvalue weighted by Gasteiger charge is -2.32. The smallest absolute Gasteiger partial charge is 0.287 e. The lowest BCUT2D eigenvalue weighted by atomic mass is 9.82. The van der Waals surface area contributed by atoms with E-state index in [9.17, 15) is 13.6 Å². The largest absolute Gasteiger partial charge is 0.489 e. The summed E-state index contributed by atoms with van der Waals surface area (Å²) in [6.45, 7) is 15.3. The molecule has 1 aromatic carbocycles. The molecule has 1 unspecified atom stereocenters. The Hall–Kier alpha value is -3.48. The highest BCUT2D eigenvalue weighted by atomic mass is 19.3. The first-order chi connectivity index (χ1) is 20.9. The van der Waals surface area contributed by atoms with Crippen molar-refractivity contribution in [3.05, 3.63) is 88.3 Å². The van der Waals surface area contributed by atoms with Gasteiger partial charge in [-0.25, -0.2) is 4.68 Å². The van der Waals surface area contributed by atoms with Crippen molar-refractivity contribution >= 4 is 11.6 Å². The molecule has 2 heterocycles. The molecule has 2 fully saturated rings. The Labute approximate surface area is 261 Å². The highest BCUT2D eigenvalue weighted by Crippen LogP contribution is 2.37. The molecule has 44 heavy (non-hydrogen) atoms. The number of carbonyl (C=O) groups excluding carboxylic acids is 1. The fourth-order valence-electron chi connectivity index (χ4n) is 6.70. The van der Waals surface area contributed by atoms with E-state index in [1.165, 1.54) is 27.6 Å². The van der Waals surface area contributed by atoms with E-state index in [0.29, 0.717) is 41.5 Å². The summed E-state index contributed by atoms with van der Waals surface area (Å²) in [5.74, 6) is -0.356. The number of alkyl halides is 2. The van der Waals surface area contributed by atoms with Crippen LogP contribution >= 0.6 is 0 Å². The van der Waals surface area contributed by atoms with E-state index < -0.39 is 5.92 Å². The second-order valence-corrected chi connectivity index (χ2v) is 13.3. The van der Waals surface area contributed by atoms with Crippen LogP contribution in [0.4, 0.5) is 8.78 Å². The third-order valence-electron chi connectivity index (χ3n) is 9.47. The molecule has 1 saturated carbocycles. The highest BCUT2D eigenvalue weighted by molar-refractivity contribution is 5.81. The Bertz CT molecular complexity index is 1480.